The van der Waals surface area contributed by atoms with Crippen LogP contribution in [0.4, 0.5) is 24.5 Å². The van der Waals surface area contributed by atoms with Gasteiger partial charge in [0, 0.05) is 25.1 Å². The summed E-state index contributed by atoms with van der Waals surface area (Å²) in [6, 6.07) is 2.84. The highest BCUT2D eigenvalue weighted by Gasteiger charge is 2.48. The third-order valence-corrected chi connectivity index (χ3v) is 4.86. The van der Waals surface area contributed by atoms with Crippen molar-refractivity contribution in [3.8, 4) is 0 Å². The van der Waals surface area contributed by atoms with E-state index in [1.807, 2.05) is 0 Å². The van der Waals surface area contributed by atoms with Crippen LogP contribution in [0.5, 0.6) is 0 Å². The highest BCUT2D eigenvalue weighted by atomic mass is 19.4. The second-order valence-electron chi connectivity index (χ2n) is 6.65. The summed E-state index contributed by atoms with van der Waals surface area (Å²) in [7, 11) is 0. The van der Waals surface area contributed by atoms with Crippen molar-refractivity contribution >= 4 is 17.2 Å². The molecule has 6 nitrogen and oxygen atoms in total. The van der Waals surface area contributed by atoms with E-state index in [1.165, 1.54) is 0 Å². The second kappa shape index (κ2) is 6.29. The number of benzene rings is 1. The molecule has 3 rings (SSSR count). The fraction of sp³-hybridized carbons (Fsp3) is 0.562. The number of nitrogens with zero attached hydrogens (tertiary/aromatic N) is 1. The Balaban J connectivity index is 1.91. The van der Waals surface area contributed by atoms with Crippen LogP contribution in [0.3, 0.4) is 0 Å². The van der Waals surface area contributed by atoms with Crippen molar-refractivity contribution in [3.63, 3.8) is 0 Å². The van der Waals surface area contributed by atoms with Gasteiger partial charge < -0.3 is 10.6 Å². The van der Waals surface area contributed by atoms with Gasteiger partial charge in [-0.2, -0.15) is 13.2 Å². The number of carbonyl (C=O) groups is 1. The zero-order valence-corrected chi connectivity index (χ0v) is 13.4. The number of hydrogen-bond donors (Lipinski definition) is 2. The number of carbonyl (C=O) groups excluding carboxylic acids is 1. The molecule has 0 aromatic heterocycles. The lowest BCUT2D eigenvalue weighted by molar-refractivity contribution is -0.384. The number of nitro groups is 1. The number of anilines is 1. The van der Waals surface area contributed by atoms with Crippen LogP contribution in [0, 0.1) is 21.4 Å². The molecule has 1 aliphatic heterocycles. The van der Waals surface area contributed by atoms with Gasteiger partial charge in [0.05, 0.1) is 15.9 Å². The van der Waals surface area contributed by atoms with E-state index in [9.17, 15) is 28.1 Å². The van der Waals surface area contributed by atoms with Crippen molar-refractivity contribution in [2.24, 2.45) is 11.3 Å². The lowest BCUT2D eigenvalue weighted by Crippen LogP contribution is -2.41. The summed E-state index contributed by atoms with van der Waals surface area (Å²) in [5.74, 6) is 0.00619. The fourth-order valence-corrected chi connectivity index (χ4v) is 3.34. The standard InChI is InChI=1S/C16H18F3N3O3/c17-16(18,19)11-2-1-3-12(22(24)25)13(11)21-9-15(6-7-20-8-15)14(23)10-4-5-10/h1-3,10,20-21H,4-9H2/t15-/m0/s1. The molecular weight excluding hydrogens is 339 g/mol. The van der Waals surface area contributed by atoms with E-state index in [0.717, 1.165) is 31.0 Å². The average Bonchev–Trinajstić information content (AvgIpc) is 3.29. The van der Waals surface area contributed by atoms with Gasteiger partial charge in [-0.05, 0) is 31.9 Å². The van der Waals surface area contributed by atoms with Crippen molar-refractivity contribution in [1.29, 1.82) is 0 Å². The maximum Gasteiger partial charge on any atom is 0.418 e. The van der Waals surface area contributed by atoms with Gasteiger partial charge in [-0.1, -0.05) is 6.07 Å². The molecule has 0 radical (unpaired) electrons. The number of para-hydroxylation sites is 1. The molecule has 0 unspecified atom stereocenters. The molecule has 0 spiro atoms. The summed E-state index contributed by atoms with van der Waals surface area (Å²) < 4.78 is 39.7. The molecule has 1 aromatic carbocycles. The molecule has 1 saturated heterocycles. The monoisotopic (exact) mass is 357 g/mol. The molecule has 136 valence electrons. The molecule has 2 N–H and O–H groups in total. The second-order valence-corrected chi connectivity index (χ2v) is 6.65. The number of alkyl halides is 3. The van der Waals surface area contributed by atoms with E-state index < -0.39 is 33.5 Å². The number of Topliss-reactive ketones (excluding diaryl/α,β-unsaturated/α-hetero) is 1. The average molecular weight is 357 g/mol. The summed E-state index contributed by atoms with van der Waals surface area (Å²) in [6.07, 6.45) is -2.60. The van der Waals surface area contributed by atoms with Gasteiger partial charge >= 0.3 is 6.18 Å². The van der Waals surface area contributed by atoms with Gasteiger partial charge in [-0.15, -0.1) is 0 Å². The van der Waals surface area contributed by atoms with Crippen molar-refractivity contribution < 1.29 is 22.9 Å². The largest absolute Gasteiger partial charge is 0.418 e. The van der Waals surface area contributed by atoms with Crippen LogP contribution in [0.25, 0.3) is 0 Å². The van der Waals surface area contributed by atoms with Crippen molar-refractivity contribution in [3.05, 3.63) is 33.9 Å². The molecule has 1 atom stereocenters. The minimum atomic E-state index is -4.73. The number of rotatable bonds is 6. The van der Waals surface area contributed by atoms with E-state index in [2.05, 4.69) is 10.6 Å². The van der Waals surface area contributed by atoms with Crippen LogP contribution < -0.4 is 10.6 Å². The predicted molar refractivity (Wildman–Crippen MR) is 84.2 cm³/mol. The molecule has 2 aliphatic rings. The smallest absolute Gasteiger partial charge is 0.378 e. The zero-order valence-electron chi connectivity index (χ0n) is 13.4. The summed E-state index contributed by atoms with van der Waals surface area (Å²) >= 11 is 0. The summed E-state index contributed by atoms with van der Waals surface area (Å²) in [5.41, 5.74) is -3.13. The first-order chi connectivity index (χ1) is 11.7. The first-order valence-corrected chi connectivity index (χ1v) is 8.08. The van der Waals surface area contributed by atoms with Crippen LogP contribution in [-0.4, -0.2) is 30.3 Å². The Morgan fingerprint density at radius 1 is 1.40 bits per heavy atom. The predicted octanol–water partition coefficient (Wildman–Crippen LogP) is 2.98. The SMILES string of the molecule is O=C(C1CC1)[C@@]1(CNc2c([N+](=O)[O-])cccc2C(F)(F)F)CCNC1. The van der Waals surface area contributed by atoms with Crippen LogP contribution in [0.15, 0.2) is 18.2 Å². The fourth-order valence-electron chi connectivity index (χ4n) is 3.34. The lowest BCUT2D eigenvalue weighted by Gasteiger charge is -2.28. The number of ketones is 1. The van der Waals surface area contributed by atoms with Gasteiger partial charge in [0.15, 0.2) is 0 Å². The van der Waals surface area contributed by atoms with Gasteiger partial charge in [0.1, 0.15) is 11.5 Å². The van der Waals surface area contributed by atoms with E-state index in [4.69, 9.17) is 0 Å². The minimum absolute atomic E-state index is 0.0328. The van der Waals surface area contributed by atoms with Gasteiger partial charge in [0.25, 0.3) is 5.69 Å². The van der Waals surface area contributed by atoms with Crippen LogP contribution >= 0.6 is 0 Å². The lowest BCUT2D eigenvalue weighted by atomic mass is 9.80. The van der Waals surface area contributed by atoms with E-state index >= 15 is 0 Å². The molecule has 1 saturated carbocycles. The third-order valence-electron chi connectivity index (χ3n) is 4.86. The number of nitro benzene ring substituents is 1. The summed E-state index contributed by atoms with van der Waals surface area (Å²) in [6.45, 7) is 0.920. The Bertz CT molecular complexity index is 696. The Labute approximate surface area is 141 Å². The molecule has 25 heavy (non-hydrogen) atoms. The van der Waals surface area contributed by atoms with E-state index in [0.29, 0.717) is 19.5 Å². The topological polar surface area (TPSA) is 84.3 Å². The number of halogens is 3. The van der Waals surface area contributed by atoms with Crippen LogP contribution in [-0.2, 0) is 11.0 Å². The quantitative estimate of drug-likeness (QED) is 0.604. The van der Waals surface area contributed by atoms with Gasteiger partial charge in [-0.3, -0.25) is 14.9 Å². The third kappa shape index (κ3) is 3.46. The van der Waals surface area contributed by atoms with Crippen LogP contribution in [0.1, 0.15) is 24.8 Å². The molecule has 1 aromatic rings. The molecule has 1 heterocycles. The van der Waals surface area contributed by atoms with Crippen molar-refractivity contribution in [1.82, 2.24) is 5.32 Å². The van der Waals surface area contributed by atoms with Crippen molar-refractivity contribution in [2.75, 3.05) is 25.0 Å². The molecular formula is C16H18F3N3O3. The molecule has 0 amide bonds. The summed E-state index contributed by atoms with van der Waals surface area (Å²) in [4.78, 5) is 22.9. The maximum atomic E-state index is 13.2. The molecule has 9 heteroatoms. The number of hydrogen-bond acceptors (Lipinski definition) is 5. The van der Waals surface area contributed by atoms with E-state index in [-0.39, 0.29) is 18.2 Å². The number of nitrogens with one attached hydrogen (secondary N) is 2. The highest BCUT2D eigenvalue weighted by molar-refractivity contribution is 5.90. The molecule has 1 aliphatic carbocycles. The maximum absolute atomic E-state index is 13.2. The minimum Gasteiger partial charge on any atom is -0.378 e. The van der Waals surface area contributed by atoms with Crippen molar-refractivity contribution in [2.45, 2.75) is 25.4 Å². The Morgan fingerprint density at radius 3 is 2.64 bits per heavy atom. The first-order valence-electron chi connectivity index (χ1n) is 8.08. The van der Waals surface area contributed by atoms with Crippen LogP contribution in [0.2, 0.25) is 0 Å². The first kappa shape index (κ1) is 17.7. The summed E-state index contributed by atoms with van der Waals surface area (Å²) in [5, 5.41) is 16.8. The zero-order chi connectivity index (χ0) is 18.2. The highest BCUT2D eigenvalue weighted by Crippen LogP contribution is 2.43. The Hall–Kier alpha value is -2.16. The molecule has 0 bridgehead atoms. The molecule has 2 fully saturated rings. The van der Waals surface area contributed by atoms with E-state index in [1.54, 1.807) is 0 Å². The van der Waals surface area contributed by atoms with Gasteiger partial charge in [0.2, 0.25) is 0 Å². The van der Waals surface area contributed by atoms with Gasteiger partial charge in [-0.25, -0.2) is 0 Å². The Morgan fingerprint density at radius 2 is 2.12 bits per heavy atom. The Kier molecular flexibility index (Phi) is 4.44. The normalized spacial score (nSPS) is 23.5.